The van der Waals surface area contributed by atoms with E-state index in [9.17, 15) is 0 Å². The molecule has 0 spiro atoms. The van der Waals surface area contributed by atoms with Crippen molar-refractivity contribution in [3.63, 3.8) is 0 Å². The molecule has 0 fully saturated rings. The van der Waals surface area contributed by atoms with Gasteiger partial charge in [0.1, 0.15) is 5.75 Å². The second kappa shape index (κ2) is 10.1. The van der Waals surface area contributed by atoms with Crippen molar-refractivity contribution in [2.75, 3.05) is 6.61 Å². The summed E-state index contributed by atoms with van der Waals surface area (Å²) in [5.74, 6) is 0.973. The molecule has 24 heavy (non-hydrogen) atoms. The Morgan fingerprint density at radius 3 is 2.42 bits per heavy atom. The summed E-state index contributed by atoms with van der Waals surface area (Å²) in [7, 11) is 0. The Morgan fingerprint density at radius 2 is 1.71 bits per heavy atom. The molecule has 0 aromatic heterocycles. The number of unbranched alkanes of at least 4 members (excludes halogenated alkanes) is 3. The van der Waals surface area contributed by atoms with E-state index in [1.165, 1.54) is 36.0 Å². The van der Waals surface area contributed by atoms with Crippen LogP contribution in [-0.4, -0.2) is 6.61 Å². The molecular weight excluding hydrogens is 294 g/mol. The molecule has 0 heterocycles. The summed E-state index contributed by atoms with van der Waals surface area (Å²) >= 11 is 0. The summed E-state index contributed by atoms with van der Waals surface area (Å²) in [5, 5.41) is 3.60. The minimum absolute atomic E-state index is 0.322. The Hall–Kier alpha value is -1.80. The van der Waals surface area contributed by atoms with Gasteiger partial charge in [-0.05, 0) is 49.1 Å². The monoisotopic (exact) mass is 325 g/mol. The summed E-state index contributed by atoms with van der Waals surface area (Å²) < 4.78 is 5.81. The largest absolute Gasteiger partial charge is 0.494 e. The number of hydrogen-bond donors (Lipinski definition) is 1. The number of rotatable bonds is 10. The maximum atomic E-state index is 5.81. The molecule has 0 aliphatic heterocycles. The normalized spacial score (nSPS) is 12.1. The second-order valence-electron chi connectivity index (χ2n) is 6.51. The first-order chi connectivity index (χ1) is 11.7. The zero-order valence-electron chi connectivity index (χ0n) is 15.3. The molecule has 1 atom stereocenters. The second-order valence-corrected chi connectivity index (χ2v) is 6.51. The van der Waals surface area contributed by atoms with Crippen LogP contribution in [0.25, 0.3) is 0 Å². The average Bonchev–Trinajstić information content (AvgIpc) is 2.61. The number of benzene rings is 2. The minimum atomic E-state index is 0.322. The third kappa shape index (κ3) is 6.01. The molecule has 0 radical (unpaired) electrons. The predicted octanol–water partition coefficient (Wildman–Crippen LogP) is 5.80. The van der Waals surface area contributed by atoms with Gasteiger partial charge in [0, 0.05) is 12.6 Å². The lowest BCUT2D eigenvalue weighted by Crippen LogP contribution is -2.18. The Labute approximate surface area is 147 Å². The van der Waals surface area contributed by atoms with Crippen LogP contribution in [0, 0.1) is 6.92 Å². The molecule has 0 amide bonds. The predicted molar refractivity (Wildman–Crippen MR) is 103 cm³/mol. The highest BCUT2D eigenvalue weighted by Gasteiger charge is 2.06. The molecular formula is C22H31NO. The lowest BCUT2D eigenvalue weighted by molar-refractivity contribution is 0.305. The van der Waals surface area contributed by atoms with Gasteiger partial charge in [0.2, 0.25) is 0 Å². The van der Waals surface area contributed by atoms with Crippen LogP contribution in [0.1, 0.15) is 62.3 Å². The zero-order chi connectivity index (χ0) is 17.2. The highest BCUT2D eigenvalue weighted by atomic mass is 16.5. The van der Waals surface area contributed by atoms with E-state index in [4.69, 9.17) is 4.74 Å². The summed E-state index contributed by atoms with van der Waals surface area (Å²) in [4.78, 5) is 0. The number of ether oxygens (including phenoxy) is 1. The molecule has 1 unspecified atom stereocenters. The molecule has 130 valence electrons. The number of nitrogens with one attached hydrogen (secondary N) is 1. The van der Waals surface area contributed by atoms with Crippen molar-refractivity contribution in [3.8, 4) is 5.75 Å². The fraction of sp³-hybridized carbons (Fsp3) is 0.455. The van der Waals surface area contributed by atoms with Gasteiger partial charge in [-0.2, -0.15) is 0 Å². The van der Waals surface area contributed by atoms with Gasteiger partial charge in [0.15, 0.2) is 0 Å². The molecule has 0 saturated carbocycles. The van der Waals surface area contributed by atoms with Crippen molar-refractivity contribution in [2.45, 2.75) is 59.0 Å². The van der Waals surface area contributed by atoms with E-state index in [2.05, 4.69) is 74.6 Å². The van der Waals surface area contributed by atoms with Crippen molar-refractivity contribution >= 4 is 0 Å². The van der Waals surface area contributed by atoms with Gasteiger partial charge in [-0.25, -0.2) is 0 Å². The summed E-state index contributed by atoms with van der Waals surface area (Å²) in [6.07, 6.45) is 4.97. The Balaban J connectivity index is 1.78. The summed E-state index contributed by atoms with van der Waals surface area (Å²) in [6, 6.07) is 17.3. The first-order valence-corrected chi connectivity index (χ1v) is 9.21. The van der Waals surface area contributed by atoms with E-state index < -0.39 is 0 Å². The zero-order valence-corrected chi connectivity index (χ0v) is 15.3. The molecule has 2 nitrogen and oxygen atoms in total. The molecule has 0 saturated heterocycles. The summed E-state index contributed by atoms with van der Waals surface area (Å²) in [6.45, 7) is 8.31. The molecule has 1 N–H and O–H groups in total. The maximum absolute atomic E-state index is 5.81. The maximum Gasteiger partial charge on any atom is 0.119 e. The van der Waals surface area contributed by atoms with Crippen LogP contribution in [0.3, 0.4) is 0 Å². The van der Waals surface area contributed by atoms with Gasteiger partial charge in [-0.3, -0.25) is 0 Å². The van der Waals surface area contributed by atoms with E-state index in [0.29, 0.717) is 6.04 Å². The van der Waals surface area contributed by atoms with E-state index in [0.717, 1.165) is 25.3 Å². The topological polar surface area (TPSA) is 21.3 Å². The van der Waals surface area contributed by atoms with Gasteiger partial charge >= 0.3 is 0 Å². The van der Waals surface area contributed by atoms with Gasteiger partial charge < -0.3 is 10.1 Å². The third-order valence-electron chi connectivity index (χ3n) is 4.51. The number of hydrogen-bond acceptors (Lipinski definition) is 2. The minimum Gasteiger partial charge on any atom is -0.494 e. The lowest BCUT2D eigenvalue weighted by atomic mass is 10.1. The van der Waals surface area contributed by atoms with Crippen molar-refractivity contribution in [1.82, 2.24) is 5.32 Å². The average molecular weight is 325 g/mol. The third-order valence-corrected chi connectivity index (χ3v) is 4.51. The fourth-order valence-corrected chi connectivity index (χ4v) is 2.76. The van der Waals surface area contributed by atoms with Crippen LogP contribution < -0.4 is 10.1 Å². The lowest BCUT2D eigenvalue weighted by Gasteiger charge is -2.16. The van der Waals surface area contributed by atoms with Crippen molar-refractivity contribution in [2.24, 2.45) is 0 Å². The van der Waals surface area contributed by atoms with Crippen molar-refractivity contribution in [1.29, 1.82) is 0 Å². The molecule has 2 heteroatoms. The fourth-order valence-electron chi connectivity index (χ4n) is 2.76. The van der Waals surface area contributed by atoms with Crippen LogP contribution >= 0.6 is 0 Å². The van der Waals surface area contributed by atoms with Crippen molar-refractivity contribution < 1.29 is 4.74 Å². The highest BCUT2D eigenvalue weighted by molar-refractivity contribution is 5.29. The van der Waals surface area contributed by atoms with E-state index >= 15 is 0 Å². The van der Waals surface area contributed by atoms with Gasteiger partial charge in [-0.15, -0.1) is 0 Å². The number of aryl methyl sites for hydroxylation is 1. The first kappa shape index (κ1) is 18.5. The molecule has 0 aliphatic rings. The molecule has 2 rings (SSSR count). The van der Waals surface area contributed by atoms with E-state index in [-0.39, 0.29) is 0 Å². The Kier molecular flexibility index (Phi) is 7.84. The molecule has 0 bridgehead atoms. The van der Waals surface area contributed by atoms with Crippen LogP contribution in [-0.2, 0) is 6.54 Å². The van der Waals surface area contributed by atoms with Crippen molar-refractivity contribution in [3.05, 3.63) is 65.2 Å². The van der Waals surface area contributed by atoms with Gasteiger partial charge in [0.25, 0.3) is 0 Å². The Morgan fingerprint density at radius 1 is 0.958 bits per heavy atom. The van der Waals surface area contributed by atoms with E-state index in [1.807, 2.05) is 0 Å². The quantitative estimate of drug-likeness (QED) is 0.557. The molecule has 2 aromatic carbocycles. The molecule has 0 aliphatic carbocycles. The van der Waals surface area contributed by atoms with Gasteiger partial charge in [-0.1, -0.05) is 62.6 Å². The van der Waals surface area contributed by atoms with Crippen LogP contribution in [0.15, 0.2) is 48.5 Å². The smallest absolute Gasteiger partial charge is 0.119 e. The van der Waals surface area contributed by atoms with Crippen LogP contribution in [0.4, 0.5) is 0 Å². The standard InChI is InChI=1S/C22H31NO/c1-4-5-6-9-16-24-22-14-12-20(13-15-22)19(3)23-17-21-11-8-7-10-18(21)2/h7-8,10-15,19,23H,4-6,9,16-17H2,1-3H3. The first-order valence-electron chi connectivity index (χ1n) is 9.21. The molecule has 2 aromatic rings. The van der Waals surface area contributed by atoms with E-state index in [1.54, 1.807) is 0 Å². The Bertz CT molecular complexity index is 591. The SMILES string of the molecule is CCCCCCOc1ccc(C(C)NCc2ccccc2C)cc1. The van der Waals surface area contributed by atoms with Crippen LogP contribution in [0.5, 0.6) is 5.75 Å². The van der Waals surface area contributed by atoms with Crippen LogP contribution in [0.2, 0.25) is 0 Å². The van der Waals surface area contributed by atoms with Gasteiger partial charge in [0.05, 0.1) is 6.61 Å². The highest BCUT2D eigenvalue weighted by Crippen LogP contribution is 2.19. The summed E-state index contributed by atoms with van der Waals surface area (Å²) in [5.41, 5.74) is 3.99.